The molecule has 0 aromatic carbocycles. The molecule has 0 saturated carbocycles. The first kappa shape index (κ1) is 13.1. The monoisotopic (exact) mass is 270 g/mol. The summed E-state index contributed by atoms with van der Waals surface area (Å²) in [7, 11) is -1.83. The van der Waals surface area contributed by atoms with Gasteiger partial charge in [-0.15, -0.1) is 0 Å². The van der Waals surface area contributed by atoms with Gasteiger partial charge in [-0.3, -0.25) is 0 Å². The smallest absolute Gasteiger partial charge is 0.197 e. The van der Waals surface area contributed by atoms with Gasteiger partial charge in [0.15, 0.2) is 0 Å². The van der Waals surface area contributed by atoms with Crippen LogP contribution in [0.2, 0.25) is 0 Å². The summed E-state index contributed by atoms with van der Waals surface area (Å²) in [5.41, 5.74) is 0. The molecular weight excluding hydrogens is 256 g/mol. The van der Waals surface area contributed by atoms with E-state index in [9.17, 15) is 8.42 Å². The van der Waals surface area contributed by atoms with E-state index in [0.717, 1.165) is 0 Å². The SMILES string of the molecule is C=C(Br)CNS(=O)(=O)N(C)C(C)C. The van der Waals surface area contributed by atoms with Crippen molar-refractivity contribution in [3.8, 4) is 0 Å². The molecule has 0 atom stereocenters. The molecule has 13 heavy (non-hydrogen) atoms. The van der Waals surface area contributed by atoms with E-state index in [-0.39, 0.29) is 12.6 Å². The predicted octanol–water partition coefficient (Wildman–Crippen LogP) is 1.07. The van der Waals surface area contributed by atoms with Crippen molar-refractivity contribution < 1.29 is 8.42 Å². The van der Waals surface area contributed by atoms with Gasteiger partial charge in [-0.05, 0) is 13.8 Å². The molecule has 0 amide bonds. The Hall–Kier alpha value is 0.0900. The van der Waals surface area contributed by atoms with Gasteiger partial charge in [-0.2, -0.15) is 17.4 Å². The van der Waals surface area contributed by atoms with E-state index in [2.05, 4.69) is 27.2 Å². The molecule has 0 aliphatic heterocycles. The van der Waals surface area contributed by atoms with Crippen molar-refractivity contribution >= 4 is 26.1 Å². The third kappa shape index (κ3) is 4.75. The minimum atomic E-state index is -3.36. The molecule has 1 N–H and O–H groups in total. The third-order valence-electron chi connectivity index (χ3n) is 1.55. The second-order valence-corrected chi connectivity index (χ2v) is 5.89. The standard InChI is InChI=1S/C7H15BrN2O2S/c1-6(2)10(4)13(11,12)9-5-7(3)8/h6,9H,3,5H2,1-2,4H3. The molecule has 0 radical (unpaired) electrons. The van der Waals surface area contributed by atoms with Gasteiger partial charge in [-0.1, -0.05) is 22.5 Å². The zero-order valence-electron chi connectivity index (χ0n) is 8.04. The number of nitrogens with zero attached hydrogens (tertiary/aromatic N) is 1. The zero-order chi connectivity index (χ0) is 10.6. The Morgan fingerprint density at radius 2 is 2.08 bits per heavy atom. The van der Waals surface area contributed by atoms with Crippen molar-refractivity contribution in [2.24, 2.45) is 0 Å². The molecule has 0 heterocycles. The van der Waals surface area contributed by atoms with Crippen LogP contribution in [0.1, 0.15) is 13.8 Å². The van der Waals surface area contributed by atoms with Crippen molar-refractivity contribution in [3.05, 3.63) is 11.1 Å². The fourth-order valence-electron chi connectivity index (χ4n) is 0.549. The van der Waals surface area contributed by atoms with E-state index in [1.807, 2.05) is 13.8 Å². The maximum absolute atomic E-state index is 11.4. The Morgan fingerprint density at radius 3 is 2.38 bits per heavy atom. The van der Waals surface area contributed by atoms with Crippen molar-refractivity contribution in [2.45, 2.75) is 19.9 Å². The molecule has 0 rings (SSSR count). The van der Waals surface area contributed by atoms with Crippen LogP contribution in [-0.2, 0) is 10.2 Å². The van der Waals surface area contributed by atoms with Crippen LogP contribution in [0.25, 0.3) is 0 Å². The largest absolute Gasteiger partial charge is 0.279 e. The van der Waals surface area contributed by atoms with E-state index in [0.29, 0.717) is 4.48 Å². The van der Waals surface area contributed by atoms with Crippen molar-refractivity contribution in [2.75, 3.05) is 13.6 Å². The number of hydrogen-bond acceptors (Lipinski definition) is 2. The number of nitrogens with one attached hydrogen (secondary N) is 1. The second-order valence-electron chi connectivity index (χ2n) is 2.95. The lowest BCUT2D eigenvalue weighted by atomic mass is 10.4. The first-order valence-corrected chi connectivity index (χ1v) is 6.06. The first-order chi connectivity index (χ1) is 5.77. The number of hydrogen-bond donors (Lipinski definition) is 1. The highest BCUT2D eigenvalue weighted by Gasteiger charge is 2.19. The van der Waals surface area contributed by atoms with E-state index >= 15 is 0 Å². The fraction of sp³-hybridized carbons (Fsp3) is 0.714. The van der Waals surface area contributed by atoms with Crippen molar-refractivity contribution in [1.82, 2.24) is 9.03 Å². The third-order valence-corrected chi connectivity index (χ3v) is 3.52. The van der Waals surface area contributed by atoms with Crippen LogP contribution in [0.5, 0.6) is 0 Å². The molecular formula is C7H15BrN2O2S. The normalized spacial score (nSPS) is 12.5. The van der Waals surface area contributed by atoms with E-state index in [1.165, 1.54) is 11.4 Å². The highest BCUT2D eigenvalue weighted by atomic mass is 79.9. The summed E-state index contributed by atoms with van der Waals surface area (Å²) in [6, 6.07) is -0.0545. The molecule has 0 aliphatic carbocycles. The molecule has 78 valence electrons. The summed E-state index contributed by atoms with van der Waals surface area (Å²) in [5.74, 6) is 0. The Morgan fingerprint density at radius 1 is 1.62 bits per heavy atom. The molecule has 0 fully saturated rings. The van der Waals surface area contributed by atoms with E-state index in [4.69, 9.17) is 0 Å². The molecule has 0 bridgehead atoms. The molecule has 0 saturated heterocycles. The topological polar surface area (TPSA) is 49.4 Å². The van der Waals surface area contributed by atoms with Gasteiger partial charge in [-0.25, -0.2) is 0 Å². The van der Waals surface area contributed by atoms with Crippen molar-refractivity contribution in [1.29, 1.82) is 0 Å². The maximum Gasteiger partial charge on any atom is 0.279 e. The summed E-state index contributed by atoms with van der Waals surface area (Å²) >= 11 is 3.07. The average Bonchev–Trinajstić information content (AvgIpc) is 1.99. The molecule has 0 spiro atoms. The van der Waals surface area contributed by atoms with Gasteiger partial charge in [0.25, 0.3) is 10.2 Å². The lowest BCUT2D eigenvalue weighted by Crippen LogP contribution is -2.42. The zero-order valence-corrected chi connectivity index (χ0v) is 10.4. The summed E-state index contributed by atoms with van der Waals surface area (Å²) in [6.07, 6.45) is 0. The predicted molar refractivity (Wildman–Crippen MR) is 57.9 cm³/mol. The fourth-order valence-corrected chi connectivity index (χ4v) is 1.99. The van der Waals surface area contributed by atoms with Gasteiger partial charge in [0, 0.05) is 24.1 Å². The van der Waals surface area contributed by atoms with Gasteiger partial charge in [0.05, 0.1) is 0 Å². The summed E-state index contributed by atoms with van der Waals surface area (Å²) in [6.45, 7) is 7.36. The minimum Gasteiger partial charge on any atom is -0.197 e. The molecule has 0 aliphatic rings. The first-order valence-electron chi connectivity index (χ1n) is 3.83. The van der Waals surface area contributed by atoms with Crippen LogP contribution >= 0.6 is 15.9 Å². The van der Waals surface area contributed by atoms with Crippen LogP contribution < -0.4 is 4.72 Å². The van der Waals surface area contributed by atoms with Crippen LogP contribution in [0.3, 0.4) is 0 Å². The Kier molecular flexibility index (Phi) is 5.13. The Balaban J connectivity index is 4.32. The second kappa shape index (κ2) is 5.09. The maximum atomic E-state index is 11.4. The van der Waals surface area contributed by atoms with Crippen molar-refractivity contribution in [3.63, 3.8) is 0 Å². The highest BCUT2D eigenvalue weighted by Crippen LogP contribution is 2.03. The molecule has 0 unspecified atom stereocenters. The average molecular weight is 271 g/mol. The van der Waals surface area contributed by atoms with Gasteiger partial charge in [0.2, 0.25) is 0 Å². The highest BCUT2D eigenvalue weighted by molar-refractivity contribution is 9.11. The van der Waals surface area contributed by atoms with Crippen LogP contribution in [0.15, 0.2) is 11.1 Å². The summed E-state index contributed by atoms with van der Waals surface area (Å²) in [5, 5.41) is 0. The number of rotatable bonds is 5. The van der Waals surface area contributed by atoms with E-state index in [1.54, 1.807) is 0 Å². The molecule has 0 aromatic heterocycles. The van der Waals surface area contributed by atoms with Gasteiger partial charge >= 0.3 is 0 Å². The lowest BCUT2D eigenvalue weighted by molar-refractivity contribution is 0.404. The summed E-state index contributed by atoms with van der Waals surface area (Å²) in [4.78, 5) is 0. The van der Waals surface area contributed by atoms with Crippen LogP contribution in [0, 0.1) is 0 Å². The number of halogens is 1. The molecule has 6 heteroatoms. The molecule has 0 aromatic rings. The van der Waals surface area contributed by atoms with Crippen LogP contribution in [-0.4, -0.2) is 32.4 Å². The van der Waals surface area contributed by atoms with E-state index < -0.39 is 10.2 Å². The van der Waals surface area contributed by atoms with Gasteiger partial charge in [0.1, 0.15) is 0 Å². The Labute approximate surface area is 88.3 Å². The minimum absolute atomic E-state index is 0.0545. The quantitative estimate of drug-likeness (QED) is 0.813. The lowest BCUT2D eigenvalue weighted by Gasteiger charge is -2.20. The Bertz CT molecular complexity index is 274. The molecule has 4 nitrogen and oxygen atoms in total. The van der Waals surface area contributed by atoms with Crippen LogP contribution in [0.4, 0.5) is 0 Å². The summed E-state index contributed by atoms with van der Waals surface area (Å²) < 4.78 is 27.1. The van der Waals surface area contributed by atoms with Gasteiger partial charge < -0.3 is 0 Å².